The lowest BCUT2D eigenvalue weighted by molar-refractivity contribution is 0.601. The van der Waals surface area contributed by atoms with E-state index in [0.717, 1.165) is 27.7 Å². The number of aromatic amines is 1. The molecule has 0 radical (unpaired) electrons. The standard InChI is InChI=1S/C21H17ClN2O2S/c1-14-2-9-19(10-3-14)27(25,26)24-18-7-4-15(5-8-18)21-13-16-12-17(22)6-11-20(16)23-21/h2-13,23-24H,1H3. The van der Waals surface area contributed by atoms with Gasteiger partial charge in [0, 0.05) is 27.3 Å². The first-order chi connectivity index (χ1) is 12.9. The molecule has 136 valence electrons. The summed E-state index contributed by atoms with van der Waals surface area (Å²) in [4.78, 5) is 3.58. The summed E-state index contributed by atoms with van der Waals surface area (Å²) in [5.74, 6) is 0. The monoisotopic (exact) mass is 396 g/mol. The molecule has 0 aliphatic heterocycles. The zero-order valence-electron chi connectivity index (χ0n) is 14.5. The van der Waals surface area contributed by atoms with Gasteiger partial charge in [-0.25, -0.2) is 8.42 Å². The largest absolute Gasteiger partial charge is 0.355 e. The van der Waals surface area contributed by atoms with Crippen molar-refractivity contribution >= 4 is 38.2 Å². The van der Waals surface area contributed by atoms with Crippen LogP contribution in [0.1, 0.15) is 5.56 Å². The Morgan fingerprint density at radius 2 is 1.59 bits per heavy atom. The third kappa shape index (κ3) is 3.70. The molecular formula is C21H17ClN2O2S. The average Bonchev–Trinajstić information content (AvgIpc) is 3.05. The fourth-order valence-corrected chi connectivity index (χ4v) is 4.15. The Balaban J connectivity index is 1.58. The molecule has 0 bridgehead atoms. The number of aryl methyl sites for hydroxylation is 1. The molecule has 4 rings (SSSR count). The normalized spacial score (nSPS) is 11.6. The number of hydrogen-bond acceptors (Lipinski definition) is 2. The topological polar surface area (TPSA) is 62.0 Å². The first-order valence-corrected chi connectivity index (χ1v) is 10.2. The molecule has 0 atom stereocenters. The highest BCUT2D eigenvalue weighted by atomic mass is 35.5. The van der Waals surface area contributed by atoms with Gasteiger partial charge in [-0.2, -0.15) is 0 Å². The smallest absolute Gasteiger partial charge is 0.261 e. The first-order valence-electron chi connectivity index (χ1n) is 8.39. The van der Waals surface area contributed by atoms with Crippen molar-refractivity contribution in [3.63, 3.8) is 0 Å². The van der Waals surface area contributed by atoms with E-state index in [1.54, 1.807) is 36.4 Å². The lowest BCUT2D eigenvalue weighted by atomic mass is 10.1. The summed E-state index contributed by atoms with van der Waals surface area (Å²) >= 11 is 6.04. The van der Waals surface area contributed by atoms with E-state index < -0.39 is 10.0 Å². The van der Waals surface area contributed by atoms with Gasteiger partial charge in [-0.3, -0.25) is 4.72 Å². The molecule has 0 spiro atoms. The molecule has 4 aromatic rings. The number of anilines is 1. The summed E-state index contributed by atoms with van der Waals surface area (Å²) in [7, 11) is -3.61. The van der Waals surface area contributed by atoms with Crippen LogP contribution in [0.5, 0.6) is 0 Å². The van der Waals surface area contributed by atoms with Crippen molar-refractivity contribution in [1.29, 1.82) is 0 Å². The second kappa shape index (κ2) is 6.76. The van der Waals surface area contributed by atoms with E-state index >= 15 is 0 Å². The Morgan fingerprint density at radius 3 is 2.30 bits per heavy atom. The van der Waals surface area contributed by atoms with Gasteiger partial charge in [-0.1, -0.05) is 41.4 Å². The van der Waals surface area contributed by atoms with Gasteiger partial charge < -0.3 is 4.98 Å². The fourth-order valence-electron chi connectivity index (χ4n) is 2.91. The number of hydrogen-bond donors (Lipinski definition) is 2. The number of halogens is 1. The molecule has 0 aliphatic carbocycles. The summed E-state index contributed by atoms with van der Waals surface area (Å²) in [5, 5.41) is 1.72. The molecule has 1 aromatic heterocycles. The van der Waals surface area contributed by atoms with Gasteiger partial charge in [0.1, 0.15) is 0 Å². The number of H-pyrrole nitrogens is 1. The minimum atomic E-state index is -3.61. The zero-order chi connectivity index (χ0) is 19.0. The summed E-state index contributed by atoms with van der Waals surface area (Å²) in [6, 6.07) is 21.7. The Morgan fingerprint density at radius 1 is 0.889 bits per heavy atom. The summed E-state index contributed by atoms with van der Waals surface area (Å²) < 4.78 is 27.6. The second-order valence-corrected chi connectivity index (χ2v) is 8.53. The maximum Gasteiger partial charge on any atom is 0.261 e. The molecule has 4 nitrogen and oxygen atoms in total. The van der Waals surface area contributed by atoms with E-state index in [-0.39, 0.29) is 4.90 Å². The molecule has 0 saturated carbocycles. The van der Waals surface area contributed by atoms with E-state index in [2.05, 4.69) is 9.71 Å². The lowest BCUT2D eigenvalue weighted by Gasteiger charge is -2.09. The number of sulfonamides is 1. The average molecular weight is 397 g/mol. The SMILES string of the molecule is Cc1ccc(S(=O)(=O)Nc2ccc(-c3cc4cc(Cl)ccc4[nH]3)cc2)cc1. The predicted molar refractivity (Wildman–Crippen MR) is 111 cm³/mol. The van der Waals surface area contributed by atoms with Crippen LogP contribution in [-0.2, 0) is 10.0 Å². The lowest BCUT2D eigenvalue weighted by Crippen LogP contribution is -2.12. The van der Waals surface area contributed by atoms with Crippen LogP contribution in [0.15, 0.2) is 77.7 Å². The number of nitrogens with one attached hydrogen (secondary N) is 2. The van der Waals surface area contributed by atoms with Gasteiger partial charge in [-0.15, -0.1) is 0 Å². The van der Waals surface area contributed by atoms with Gasteiger partial charge in [0.05, 0.1) is 4.90 Å². The van der Waals surface area contributed by atoms with E-state index in [9.17, 15) is 8.42 Å². The second-order valence-electron chi connectivity index (χ2n) is 6.41. The van der Waals surface area contributed by atoms with E-state index in [4.69, 9.17) is 11.6 Å². The van der Waals surface area contributed by atoms with Crippen molar-refractivity contribution in [2.45, 2.75) is 11.8 Å². The van der Waals surface area contributed by atoms with Crippen LogP contribution in [0.2, 0.25) is 5.02 Å². The van der Waals surface area contributed by atoms with Crippen LogP contribution in [0.3, 0.4) is 0 Å². The fraction of sp³-hybridized carbons (Fsp3) is 0.0476. The molecule has 0 amide bonds. The van der Waals surface area contributed by atoms with Crippen molar-refractivity contribution in [2.24, 2.45) is 0 Å². The summed E-state index contributed by atoms with van der Waals surface area (Å²) in [5.41, 5.74) is 4.43. The number of fused-ring (bicyclic) bond motifs is 1. The molecule has 3 aromatic carbocycles. The Bertz CT molecular complexity index is 1210. The van der Waals surface area contributed by atoms with Crippen molar-refractivity contribution in [2.75, 3.05) is 4.72 Å². The maximum absolute atomic E-state index is 12.5. The van der Waals surface area contributed by atoms with Crippen molar-refractivity contribution in [3.05, 3.63) is 83.4 Å². The molecule has 6 heteroatoms. The Labute approximate surface area is 162 Å². The quantitative estimate of drug-likeness (QED) is 0.471. The van der Waals surface area contributed by atoms with Gasteiger partial charge in [0.15, 0.2) is 0 Å². The molecule has 0 fully saturated rings. The van der Waals surface area contributed by atoms with Crippen LogP contribution in [0, 0.1) is 6.92 Å². The van der Waals surface area contributed by atoms with Crippen molar-refractivity contribution in [3.8, 4) is 11.3 Å². The molecule has 2 N–H and O–H groups in total. The van der Waals surface area contributed by atoms with Crippen LogP contribution < -0.4 is 4.72 Å². The number of benzene rings is 3. The van der Waals surface area contributed by atoms with Crippen LogP contribution in [0.25, 0.3) is 22.2 Å². The van der Waals surface area contributed by atoms with Gasteiger partial charge in [0.2, 0.25) is 0 Å². The highest BCUT2D eigenvalue weighted by Gasteiger charge is 2.14. The highest BCUT2D eigenvalue weighted by Crippen LogP contribution is 2.27. The summed E-state index contributed by atoms with van der Waals surface area (Å²) in [6.45, 7) is 1.92. The molecule has 0 saturated heterocycles. The predicted octanol–water partition coefficient (Wildman–Crippen LogP) is 5.60. The van der Waals surface area contributed by atoms with E-state index in [1.807, 2.05) is 43.3 Å². The highest BCUT2D eigenvalue weighted by molar-refractivity contribution is 7.92. The third-order valence-corrected chi connectivity index (χ3v) is 5.99. The number of aromatic nitrogens is 1. The molecule has 0 unspecified atom stereocenters. The Hall–Kier alpha value is -2.76. The minimum Gasteiger partial charge on any atom is -0.355 e. The summed E-state index contributed by atoms with van der Waals surface area (Å²) in [6.07, 6.45) is 0. The molecular weight excluding hydrogens is 380 g/mol. The first kappa shape index (κ1) is 17.6. The van der Waals surface area contributed by atoms with Gasteiger partial charge in [-0.05, 0) is 61.0 Å². The third-order valence-electron chi connectivity index (χ3n) is 4.36. The van der Waals surface area contributed by atoms with Gasteiger partial charge >= 0.3 is 0 Å². The molecule has 27 heavy (non-hydrogen) atoms. The maximum atomic E-state index is 12.5. The van der Waals surface area contributed by atoms with Gasteiger partial charge in [0.25, 0.3) is 10.0 Å². The van der Waals surface area contributed by atoms with Crippen LogP contribution >= 0.6 is 11.6 Å². The van der Waals surface area contributed by atoms with E-state index in [0.29, 0.717) is 10.7 Å². The molecule has 1 heterocycles. The van der Waals surface area contributed by atoms with Crippen LogP contribution in [0.4, 0.5) is 5.69 Å². The molecule has 0 aliphatic rings. The van der Waals surface area contributed by atoms with Crippen molar-refractivity contribution in [1.82, 2.24) is 4.98 Å². The number of rotatable bonds is 4. The van der Waals surface area contributed by atoms with E-state index in [1.165, 1.54) is 0 Å². The van der Waals surface area contributed by atoms with Crippen LogP contribution in [-0.4, -0.2) is 13.4 Å². The minimum absolute atomic E-state index is 0.240. The Kier molecular flexibility index (Phi) is 4.42. The van der Waals surface area contributed by atoms with Crippen molar-refractivity contribution < 1.29 is 8.42 Å². The zero-order valence-corrected chi connectivity index (χ0v) is 16.1.